The summed E-state index contributed by atoms with van der Waals surface area (Å²) in [5, 5.41) is 0. The predicted octanol–water partition coefficient (Wildman–Crippen LogP) is 3.41. The van der Waals surface area contributed by atoms with Gasteiger partial charge < -0.3 is 15.2 Å². The summed E-state index contributed by atoms with van der Waals surface area (Å²) >= 11 is 1.54. The topological polar surface area (TPSA) is 83.2 Å². The number of ether oxygens (including phenoxy) is 2. The molecule has 118 valence electrons. The first-order valence-corrected chi connectivity index (χ1v) is 8.08. The van der Waals surface area contributed by atoms with Gasteiger partial charge in [0.05, 0.1) is 23.9 Å². The molecule has 0 aromatic carbocycles. The van der Waals surface area contributed by atoms with Crippen LogP contribution in [-0.4, -0.2) is 28.3 Å². The Labute approximate surface area is 134 Å². The number of thioether (sulfide) groups is 1. The number of rotatable bonds is 5. The molecule has 0 aliphatic heterocycles. The van der Waals surface area contributed by atoms with E-state index in [4.69, 9.17) is 15.2 Å². The second-order valence-corrected chi connectivity index (χ2v) is 5.85. The molecule has 2 aromatic rings. The molecule has 0 saturated carbocycles. The van der Waals surface area contributed by atoms with Crippen LogP contribution in [0.5, 0.6) is 17.4 Å². The lowest BCUT2D eigenvalue weighted by Gasteiger charge is -2.16. The minimum absolute atomic E-state index is 0.174. The number of anilines is 1. The fourth-order valence-corrected chi connectivity index (χ4v) is 2.46. The zero-order valence-electron chi connectivity index (χ0n) is 13.4. The lowest BCUT2D eigenvalue weighted by atomic mass is 10.1. The third-order valence-corrected chi connectivity index (χ3v) is 3.76. The molecule has 0 aliphatic carbocycles. The van der Waals surface area contributed by atoms with E-state index in [1.165, 1.54) is 0 Å². The molecule has 2 N–H and O–H groups in total. The molecule has 22 heavy (non-hydrogen) atoms. The van der Waals surface area contributed by atoms with E-state index in [1.54, 1.807) is 32.0 Å². The van der Waals surface area contributed by atoms with E-state index in [-0.39, 0.29) is 5.92 Å². The van der Waals surface area contributed by atoms with Crippen molar-refractivity contribution in [1.82, 2.24) is 15.0 Å². The summed E-state index contributed by atoms with van der Waals surface area (Å²) in [6.07, 6.45) is 3.53. The Morgan fingerprint density at radius 1 is 1.23 bits per heavy atom. The number of methoxy groups -OCH3 is 1. The van der Waals surface area contributed by atoms with Crippen LogP contribution < -0.4 is 15.2 Å². The first-order chi connectivity index (χ1) is 10.5. The molecule has 0 saturated heterocycles. The second kappa shape index (κ2) is 6.83. The molecule has 7 heteroatoms. The lowest BCUT2D eigenvalue weighted by Crippen LogP contribution is -2.04. The van der Waals surface area contributed by atoms with E-state index in [0.717, 1.165) is 10.6 Å². The average Bonchev–Trinajstić information content (AvgIpc) is 2.49. The maximum atomic E-state index is 5.92. The van der Waals surface area contributed by atoms with Gasteiger partial charge in [0, 0.05) is 6.07 Å². The van der Waals surface area contributed by atoms with Crippen molar-refractivity contribution in [2.75, 3.05) is 19.1 Å². The minimum Gasteiger partial charge on any atom is -0.480 e. The molecule has 2 rings (SSSR count). The van der Waals surface area contributed by atoms with Gasteiger partial charge in [0.15, 0.2) is 17.3 Å². The highest BCUT2D eigenvalue weighted by Crippen LogP contribution is 2.37. The Morgan fingerprint density at radius 3 is 2.50 bits per heavy atom. The van der Waals surface area contributed by atoms with Crippen molar-refractivity contribution in [2.24, 2.45) is 0 Å². The largest absolute Gasteiger partial charge is 0.480 e. The van der Waals surface area contributed by atoms with E-state index in [9.17, 15) is 0 Å². The first-order valence-electron chi connectivity index (χ1n) is 6.86. The smallest absolute Gasteiger partial charge is 0.227 e. The average molecular weight is 320 g/mol. The van der Waals surface area contributed by atoms with Crippen LogP contribution in [0.3, 0.4) is 0 Å². The van der Waals surface area contributed by atoms with Crippen molar-refractivity contribution in [1.29, 1.82) is 0 Å². The van der Waals surface area contributed by atoms with Gasteiger partial charge in [-0.15, -0.1) is 11.8 Å². The summed E-state index contributed by atoms with van der Waals surface area (Å²) < 4.78 is 11.3. The van der Waals surface area contributed by atoms with Crippen LogP contribution in [0.1, 0.15) is 31.3 Å². The Bertz CT molecular complexity index is 677. The molecule has 0 atom stereocenters. The van der Waals surface area contributed by atoms with Crippen LogP contribution >= 0.6 is 11.8 Å². The van der Waals surface area contributed by atoms with Gasteiger partial charge in [-0.1, -0.05) is 13.8 Å². The van der Waals surface area contributed by atoms with E-state index >= 15 is 0 Å². The van der Waals surface area contributed by atoms with Crippen molar-refractivity contribution in [3.8, 4) is 17.4 Å². The summed E-state index contributed by atoms with van der Waals surface area (Å²) in [4.78, 5) is 13.7. The molecule has 0 spiro atoms. The van der Waals surface area contributed by atoms with Gasteiger partial charge in [-0.3, -0.25) is 0 Å². The molecule has 6 nitrogen and oxygen atoms in total. The third-order valence-electron chi connectivity index (χ3n) is 3.03. The third kappa shape index (κ3) is 3.41. The Kier molecular flexibility index (Phi) is 5.07. The van der Waals surface area contributed by atoms with Crippen molar-refractivity contribution in [2.45, 2.75) is 31.6 Å². The lowest BCUT2D eigenvalue weighted by molar-refractivity contribution is 0.379. The van der Waals surface area contributed by atoms with Gasteiger partial charge in [-0.2, -0.15) is 0 Å². The number of nitrogens with zero attached hydrogens (tertiary/aromatic N) is 3. The number of nitrogens with two attached hydrogens (primary N) is 1. The van der Waals surface area contributed by atoms with Crippen LogP contribution in [-0.2, 0) is 0 Å². The molecule has 0 bridgehead atoms. The highest BCUT2D eigenvalue weighted by Gasteiger charge is 2.17. The van der Waals surface area contributed by atoms with Crippen molar-refractivity contribution >= 4 is 17.6 Å². The molecule has 0 aliphatic rings. The zero-order chi connectivity index (χ0) is 16.3. The van der Waals surface area contributed by atoms with Crippen LogP contribution in [0.15, 0.2) is 17.2 Å². The number of pyridine rings is 1. The summed E-state index contributed by atoms with van der Waals surface area (Å²) in [6.45, 7) is 5.87. The van der Waals surface area contributed by atoms with Gasteiger partial charge in [0.25, 0.3) is 0 Å². The maximum absolute atomic E-state index is 5.92. The zero-order valence-corrected chi connectivity index (χ0v) is 14.2. The van der Waals surface area contributed by atoms with E-state index in [1.807, 2.05) is 26.2 Å². The van der Waals surface area contributed by atoms with Crippen molar-refractivity contribution < 1.29 is 9.47 Å². The van der Waals surface area contributed by atoms with Gasteiger partial charge >= 0.3 is 0 Å². The molecule has 0 fully saturated rings. The normalized spacial score (nSPS) is 10.8. The van der Waals surface area contributed by atoms with Gasteiger partial charge in [-0.25, -0.2) is 15.0 Å². The molecular weight excluding hydrogens is 300 g/mol. The van der Waals surface area contributed by atoms with Crippen LogP contribution in [0.2, 0.25) is 0 Å². The number of aryl methyl sites for hydroxylation is 1. The molecule has 0 amide bonds. The predicted molar refractivity (Wildman–Crippen MR) is 87.9 cm³/mol. The van der Waals surface area contributed by atoms with Gasteiger partial charge in [-0.05, 0) is 19.1 Å². The maximum Gasteiger partial charge on any atom is 0.227 e. The monoisotopic (exact) mass is 320 g/mol. The molecule has 0 radical (unpaired) electrons. The summed E-state index contributed by atoms with van der Waals surface area (Å²) in [5.74, 6) is 2.74. The van der Waals surface area contributed by atoms with E-state index in [0.29, 0.717) is 29.0 Å². The van der Waals surface area contributed by atoms with Crippen LogP contribution in [0, 0.1) is 6.92 Å². The van der Waals surface area contributed by atoms with Gasteiger partial charge in [0.2, 0.25) is 5.88 Å². The SMILES string of the molecule is COc1nc(C(C)C)c(Oc2cnc(C)nc2N)cc1SC. The van der Waals surface area contributed by atoms with Crippen LogP contribution in [0.4, 0.5) is 5.82 Å². The fourth-order valence-electron chi connectivity index (χ4n) is 1.94. The Morgan fingerprint density at radius 2 is 1.95 bits per heavy atom. The van der Waals surface area contributed by atoms with Gasteiger partial charge in [0.1, 0.15) is 5.82 Å². The number of aromatic nitrogens is 3. The van der Waals surface area contributed by atoms with E-state index in [2.05, 4.69) is 15.0 Å². The minimum atomic E-state index is 0.174. The fraction of sp³-hybridized carbons (Fsp3) is 0.400. The summed E-state index contributed by atoms with van der Waals surface area (Å²) in [7, 11) is 1.61. The van der Waals surface area contributed by atoms with Crippen molar-refractivity contribution in [3.63, 3.8) is 0 Å². The molecule has 2 aromatic heterocycles. The Hall–Kier alpha value is -2.02. The van der Waals surface area contributed by atoms with Crippen LogP contribution in [0.25, 0.3) is 0 Å². The Balaban J connectivity index is 2.48. The summed E-state index contributed by atoms with van der Waals surface area (Å²) in [6, 6.07) is 1.91. The molecule has 2 heterocycles. The van der Waals surface area contributed by atoms with E-state index < -0.39 is 0 Å². The standard InChI is InChI=1S/C15H20N4O2S/c1-8(2)13-10(6-12(22-5)15(19-13)20-4)21-11-7-17-9(3)18-14(11)16/h6-8H,1-5H3,(H2,16,17,18). The molecule has 0 unspecified atom stereocenters. The highest BCUT2D eigenvalue weighted by molar-refractivity contribution is 7.98. The highest BCUT2D eigenvalue weighted by atomic mass is 32.2. The quantitative estimate of drug-likeness (QED) is 0.845. The number of hydrogen-bond donors (Lipinski definition) is 1. The van der Waals surface area contributed by atoms with Crippen molar-refractivity contribution in [3.05, 3.63) is 23.8 Å². The summed E-state index contributed by atoms with van der Waals surface area (Å²) in [5.41, 5.74) is 6.70. The second-order valence-electron chi connectivity index (χ2n) is 5.01. The number of hydrogen-bond acceptors (Lipinski definition) is 7. The number of nitrogen functional groups attached to an aromatic ring is 1. The molecular formula is C15H20N4O2S. The first kappa shape index (κ1) is 16.4.